The van der Waals surface area contributed by atoms with Gasteiger partial charge >= 0.3 is 0 Å². The van der Waals surface area contributed by atoms with Gasteiger partial charge in [-0.3, -0.25) is 9.59 Å². The molecule has 178 valence electrons. The van der Waals surface area contributed by atoms with Crippen molar-refractivity contribution in [1.29, 1.82) is 0 Å². The van der Waals surface area contributed by atoms with Crippen molar-refractivity contribution in [1.82, 2.24) is 0 Å². The van der Waals surface area contributed by atoms with Crippen molar-refractivity contribution in [2.45, 2.75) is 110 Å². The van der Waals surface area contributed by atoms with Gasteiger partial charge in [0.1, 0.15) is 17.3 Å². The highest BCUT2D eigenvalue weighted by molar-refractivity contribution is 6.02. The first-order valence-electron chi connectivity index (χ1n) is 13.4. The Morgan fingerprint density at radius 1 is 0.875 bits per heavy atom. The largest absolute Gasteiger partial charge is 0.494 e. The maximum Gasteiger partial charge on any atom is 0.143 e. The number of carbonyl (C=O) groups is 2. The summed E-state index contributed by atoms with van der Waals surface area (Å²) in [5, 5.41) is 0. The van der Waals surface area contributed by atoms with Crippen LogP contribution in [0, 0.1) is 17.8 Å². The molecule has 0 bridgehead atoms. The first kappa shape index (κ1) is 25.0. The fourth-order valence-electron chi connectivity index (χ4n) is 5.77. The van der Waals surface area contributed by atoms with Gasteiger partial charge in [-0.1, -0.05) is 58.1 Å². The van der Waals surface area contributed by atoms with Crippen LogP contribution in [0.5, 0.6) is 5.75 Å². The second-order valence-corrected chi connectivity index (χ2v) is 10.3. The Hall–Kier alpha value is -1.64. The first-order valence-corrected chi connectivity index (χ1v) is 13.4. The number of rotatable bonds is 12. The molecular formula is C29H44O3. The van der Waals surface area contributed by atoms with Crippen LogP contribution < -0.4 is 4.74 Å². The standard InChI is InChI=1S/C29H44O3/c1-3-5-6-7-19-32-26-16-14-25(15-17-26)24-12-9-23(10-13-24)21-29(31)27-18-11-22(8-4-2)20-28(27)30/h14-17,22-24,27H,3-13,18-21H2,1-2H3. The van der Waals surface area contributed by atoms with E-state index in [2.05, 4.69) is 38.1 Å². The quantitative estimate of drug-likeness (QED) is 0.247. The van der Waals surface area contributed by atoms with E-state index in [1.165, 1.54) is 24.8 Å². The smallest absolute Gasteiger partial charge is 0.143 e. The number of ether oxygens (including phenoxy) is 1. The van der Waals surface area contributed by atoms with Crippen molar-refractivity contribution in [3.63, 3.8) is 0 Å². The molecule has 0 spiro atoms. The van der Waals surface area contributed by atoms with E-state index in [0.29, 0.717) is 30.6 Å². The molecule has 1 aromatic rings. The van der Waals surface area contributed by atoms with Gasteiger partial charge in [0, 0.05) is 12.8 Å². The summed E-state index contributed by atoms with van der Waals surface area (Å²) in [5.41, 5.74) is 1.40. The Labute approximate surface area is 195 Å². The SMILES string of the molecule is CCCCCCOc1ccc(C2CCC(CC(=O)C3CCC(CCC)CC3=O)CC2)cc1. The first-order chi connectivity index (χ1) is 15.6. The lowest BCUT2D eigenvalue weighted by atomic mass is 9.73. The molecule has 2 atom stereocenters. The summed E-state index contributed by atoms with van der Waals surface area (Å²) in [7, 11) is 0. The van der Waals surface area contributed by atoms with Gasteiger partial charge in [-0.25, -0.2) is 0 Å². The van der Waals surface area contributed by atoms with Gasteiger partial charge in [0.15, 0.2) is 0 Å². The zero-order chi connectivity index (χ0) is 22.8. The van der Waals surface area contributed by atoms with Crippen molar-refractivity contribution in [2.24, 2.45) is 17.8 Å². The zero-order valence-electron chi connectivity index (χ0n) is 20.5. The second-order valence-electron chi connectivity index (χ2n) is 10.3. The van der Waals surface area contributed by atoms with E-state index >= 15 is 0 Å². The van der Waals surface area contributed by atoms with E-state index in [1.54, 1.807) is 0 Å². The van der Waals surface area contributed by atoms with Gasteiger partial charge < -0.3 is 4.74 Å². The number of hydrogen-bond donors (Lipinski definition) is 0. The predicted molar refractivity (Wildman–Crippen MR) is 131 cm³/mol. The number of carbonyl (C=O) groups excluding carboxylic acids is 2. The Balaban J connectivity index is 1.38. The van der Waals surface area contributed by atoms with Gasteiger partial charge in [-0.15, -0.1) is 0 Å². The molecule has 2 saturated carbocycles. The third kappa shape index (κ3) is 7.46. The molecule has 2 unspecified atom stereocenters. The summed E-state index contributed by atoms with van der Waals surface area (Å²) in [5.74, 6) is 2.70. The Bertz CT molecular complexity index is 700. The average molecular weight is 441 g/mol. The van der Waals surface area contributed by atoms with Crippen molar-refractivity contribution in [3.8, 4) is 5.75 Å². The highest BCUT2D eigenvalue weighted by atomic mass is 16.5. The van der Waals surface area contributed by atoms with Crippen molar-refractivity contribution in [2.75, 3.05) is 6.61 Å². The van der Waals surface area contributed by atoms with E-state index < -0.39 is 0 Å². The molecule has 0 aromatic heterocycles. The second kappa shape index (κ2) is 13.2. The molecule has 0 heterocycles. The molecule has 2 aliphatic carbocycles. The molecule has 0 N–H and O–H groups in total. The highest BCUT2D eigenvalue weighted by Crippen LogP contribution is 2.39. The van der Waals surface area contributed by atoms with E-state index in [4.69, 9.17) is 4.74 Å². The minimum atomic E-state index is -0.296. The van der Waals surface area contributed by atoms with Crippen molar-refractivity contribution >= 4 is 11.6 Å². The monoisotopic (exact) mass is 440 g/mol. The summed E-state index contributed by atoms with van der Waals surface area (Å²) in [6.45, 7) is 5.21. The summed E-state index contributed by atoms with van der Waals surface area (Å²) < 4.78 is 5.88. The van der Waals surface area contributed by atoms with Crippen LogP contribution in [-0.4, -0.2) is 18.2 Å². The lowest BCUT2D eigenvalue weighted by Gasteiger charge is -2.31. The lowest BCUT2D eigenvalue weighted by molar-refractivity contribution is -0.136. The van der Waals surface area contributed by atoms with Gasteiger partial charge in [0.2, 0.25) is 0 Å². The Kier molecular flexibility index (Phi) is 10.3. The highest BCUT2D eigenvalue weighted by Gasteiger charge is 2.34. The van der Waals surface area contributed by atoms with Crippen LogP contribution in [-0.2, 0) is 9.59 Å². The van der Waals surface area contributed by atoms with Crippen LogP contribution in [0.2, 0.25) is 0 Å². The summed E-state index contributed by atoms with van der Waals surface area (Å²) >= 11 is 0. The molecule has 0 saturated heterocycles. The number of Topliss-reactive ketones (excluding diaryl/α,β-unsaturated/α-hetero) is 2. The van der Waals surface area contributed by atoms with Crippen LogP contribution in [0.3, 0.4) is 0 Å². The van der Waals surface area contributed by atoms with Crippen LogP contribution >= 0.6 is 0 Å². The lowest BCUT2D eigenvalue weighted by Crippen LogP contribution is -2.32. The third-order valence-electron chi connectivity index (χ3n) is 7.78. The van der Waals surface area contributed by atoms with Crippen molar-refractivity contribution in [3.05, 3.63) is 29.8 Å². The Morgan fingerprint density at radius 3 is 2.25 bits per heavy atom. The number of benzene rings is 1. The summed E-state index contributed by atoms with van der Waals surface area (Å²) in [6.07, 6.45) is 14.8. The minimum Gasteiger partial charge on any atom is -0.494 e. The number of hydrogen-bond acceptors (Lipinski definition) is 3. The molecule has 2 fully saturated rings. The predicted octanol–water partition coefficient (Wildman–Crippen LogP) is 7.66. The molecule has 32 heavy (non-hydrogen) atoms. The molecular weight excluding hydrogens is 396 g/mol. The Morgan fingerprint density at radius 2 is 1.59 bits per heavy atom. The van der Waals surface area contributed by atoms with Crippen LogP contribution in [0.25, 0.3) is 0 Å². The van der Waals surface area contributed by atoms with Crippen molar-refractivity contribution < 1.29 is 14.3 Å². The minimum absolute atomic E-state index is 0.223. The molecule has 3 heteroatoms. The van der Waals surface area contributed by atoms with Gasteiger partial charge in [0.25, 0.3) is 0 Å². The van der Waals surface area contributed by atoms with Crippen LogP contribution in [0.1, 0.15) is 115 Å². The molecule has 0 aliphatic heterocycles. The number of unbranched alkanes of at least 4 members (excludes halogenated alkanes) is 3. The molecule has 3 rings (SSSR count). The maximum atomic E-state index is 12.8. The van der Waals surface area contributed by atoms with Gasteiger partial charge in [0.05, 0.1) is 12.5 Å². The molecule has 0 amide bonds. The molecule has 1 aromatic carbocycles. The van der Waals surface area contributed by atoms with E-state index in [9.17, 15) is 9.59 Å². The topological polar surface area (TPSA) is 43.4 Å². The molecule has 0 radical (unpaired) electrons. The maximum absolute atomic E-state index is 12.8. The summed E-state index contributed by atoms with van der Waals surface area (Å²) in [4.78, 5) is 25.3. The van der Waals surface area contributed by atoms with Crippen LogP contribution in [0.4, 0.5) is 0 Å². The zero-order valence-corrected chi connectivity index (χ0v) is 20.5. The normalized spacial score (nSPS) is 26.1. The average Bonchev–Trinajstić information content (AvgIpc) is 2.80. The van der Waals surface area contributed by atoms with Crippen LogP contribution in [0.15, 0.2) is 24.3 Å². The number of ketones is 2. The fraction of sp³-hybridized carbons (Fsp3) is 0.724. The molecule has 2 aliphatic rings. The van der Waals surface area contributed by atoms with Gasteiger partial charge in [-0.05, 0) is 80.4 Å². The summed E-state index contributed by atoms with van der Waals surface area (Å²) in [6, 6.07) is 8.69. The van der Waals surface area contributed by atoms with Gasteiger partial charge in [-0.2, -0.15) is 0 Å². The fourth-order valence-corrected chi connectivity index (χ4v) is 5.77. The van der Waals surface area contributed by atoms with E-state index in [1.807, 2.05) is 0 Å². The van der Waals surface area contributed by atoms with E-state index in [0.717, 1.165) is 70.1 Å². The van der Waals surface area contributed by atoms with E-state index in [-0.39, 0.29) is 17.5 Å². The third-order valence-corrected chi connectivity index (χ3v) is 7.78. The molecule has 3 nitrogen and oxygen atoms in total.